The lowest BCUT2D eigenvalue weighted by Gasteiger charge is -1.93. The van der Waals surface area contributed by atoms with Crippen molar-refractivity contribution in [1.82, 2.24) is 9.66 Å². The van der Waals surface area contributed by atoms with E-state index in [4.69, 9.17) is 5.41 Å². The largest absolute Gasteiger partial charge is 0.265 e. The summed E-state index contributed by atoms with van der Waals surface area (Å²) in [7, 11) is 0. The molecule has 1 heterocycles. The molecule has 0 aliphatic carbocycles. The van der Waals surface area contributed by atoms with E-state index in [0.717, 1.165) is 0 Å². The molecule has 4 heteroatoms. The lowest BCUT2D eigenvalue weighted by Crippen LogP contribution is -2.17. The van der Waals surface area contributed by atoms with Gasteiger partial charge in [-0.1, -0.05) is 0 Å². The monoisotopic (exact) mass is 136 g/mol. The van der Waals surface area contributed by atoms with E-state index in [1.165, 1.54) is 4.68 Å². The van der Waals surface area contributed by atoms with Gasteiger partial charge in [-0.05, 0) is 13.0 Å². The van der Waals surface area contributed by atoms with Crippen LogP contribution in [0.15, 0.2) is 23.6 Å². The highest BCUT2D eigenvalue weighted by Gasteiger charge is 1.82. The van der Waals surface area contributed by atoms with E-state index in [2.05, 4.69) is 10.1 Å². The highest BCUT2D eigenvalue weighted by atomic mass is 15.4. The molecule has 0 saturated heterocycles. The van der Waals surface area contributed by atoms with Crippen molar-refractivity contribution in [3.63, 3.8) is 0 Å². The molecule has 0 unspecified atom stereocenters. The molecule has 0 amide bonds. The van der Waals surface area contributed by atoms with Gasteiger partial charge in [-0.15, -0.1) is 0 Å². The lowest BCUT2D eigenvalue weighted by atomic mass is 10.7. The predicted octanol–water partition coefficient (Wildman–Crippen LogP) is 0.216. The smallest absolute Gasteiger partial charge is 0.242 e. The van der Waals surface area contributed by atoms with Crippen LogP contribution >= 0.6 is 0 Å². The molecule has 52 valence electrons. The van der Waals surface area contributed by atoms with Crippen molar-refractivity contribution < 1.29 is 0 Å². The van der Waals surface area contributed by atoms with E-state index in [0.29, 0.717) is 0 Å². The van der Waals surface area contributed by atoms with Crippen molar-refractivity contribution in [2.75, 3.05) is 0 Å². The maximum atomic E-state index is 7.21. The summed E-state index contributed by atoms with van der Waals surface area (Å²) in [4.78, 5) is 3.71. The van der Waals surface area contributed by atoms with Gasteiger partial charge in [-0.25, -0.2) is 9.66 Å². The van der Waals surface area contributed by atoms with Crippen LogP contribution in [-0.2, 0) is 0 Å². The number of hydrogen-bond donors (Lipinski definition) is 1. The molecule has 4 nitrogen and oxygen atoms in total. The first kappa shape index (κ1) is 6.67. The van der Waals surface area contributed by atoms with E-state index in [9.17, 15) is 0 Å². The zero-order valence-electron chi connectivity index (χ0n) is 5.65. The number of nitrogens with zero attached hydrogens (tertiary/aromatic N) is 3. The minimum atomic E-state index is 0.139. The first-order valence-corrected chi connectivity index (χ1v) is 2.92. The second kappa shape index (κ2) is 2.91. The molecule has 1 aromatic heterocycles. The van der Waals surface area contributed by atoms with E-state index < -0.39 is 0 Å². The summed E-state index contributed by atoms with van der Waals surface area (Å²) in [6.45, 7) is 1.79. The van der Waals surface area contributed by atoms with Crippen molar-refractivity contribution in [2.24, 2.45) is 5.10 Å². The highest BCUT2D eigenvalue weighted by Crippen LogP contribution is 1.74. The van der Waals surface area contributed by atoms with Crippen LogP contribution in [0.3, 0.4) is 0 Å². The van der Waals surface area contributed by atoms with E-state index in [1.807, 2.05) is 0 Å². The Morgan fingerprint density at radius 3 is 3.20 bits per heavy atom. The summed E-state index contributed by atoms with van der Waals surface area (Å²) < 4.78 is 1.39. The molecule has 0 atom stereocenters. The summed E-state index contributed by atoms with van der Waals surface area (Å²) in [5.74, 6) is 0. The molecule has 0 aliphatic rings. The van der Waals surface area contributed by atoms with Crippen molar-refractivity contribution >= 4 is 6.21 Å². The van der Waals surface area contributed by atoms with Gasteiger partial charge in [-0.3, -0.25) is 5.41 Å². The van der Waals surface area contributed by atoms with E-state index >= 15 is 0 Å². The van der Waals surface area contributed by atoms with Crippen molar-refractivity contribution in [3.8, 4) is 0 Å². The number of aromatic nitrogens is 2. The quantitative estimate of drug-likeness (QED) is 0.551. The van der Waals surface area contributed by atoms with Crippen molar-refractivity contribution in [2.45, 2.75) is 6.92 Å². The topological polar surface area (TPSA) is 54.0 Å². The maximum absolute atomic E-state index is 7.21. The summed E-state index contributed by atoms with van der Waals surface area (Å²) in [5, 5.41) is 11.1. The molecule has 0 aromatic carbocycles. The van der Waals surface area contributed by atoms with Gasteiger partial charge in [0.15, 0.2) is 0 Å². The van der Waals surface area contributed by atoms with E-state index in [-0.39, 0.29) is 5.62 Å². The molecular weight excluding hydrogens is 128 g/mol. The van der Waals surface area contributed by atoms with Gasteiger partial charge in [0.25, 0.3) is 0 Å². The first-order valence-electron chi connectivity index (χ1n) is 2.92. The molecule has 1 aromatic rings. The Hall–Kier alpha value is -1.45. The van der Waals surface area contributed by atoms with Gasteiger partial charge < -0.3 is 0 Å². The predicted molar refractivity (Wildman–Crippen MR) is 37.6 cm³/mol. The standard InChI is InChI=1S/C6H8N4/c1-2-9-10-5-3-4-8-6(10)7/h2-5,7H,1H3/b7-6?,9-2-. The normalized spacial score (nSPS) is 10.5. The zero-order chi connectivity index (χ0) is 7.40. The van der Waals surface area contributed by atoms with Crippen LogP contribution in [0.1, 0.15) is 6.92 Å². The molecule has 0 fully saturated rings. The average molecular weight is 136 g/mol. The first-order chi connectivity index (χ1) is 4.84. The molecule has 10 heavy (non-hydrogen) atoms. The van der Waals surface area contributed by atoms with Gasteiger partial charge in [0.2, 0.25) is 5.62 Å². The van der Waals surface area contributed by atoms with E-state index in [1.54, 1.807) is 31.6 Å². The third-order valence-electron chi connectivity index (χ3n) is 0.967. The van der Waals surface area contributed by atoms with Crippen LogP contribution < -0.4 is 5.62 Å². The molecule has 1 N–H and O–H groups in total. The van der Waals surface area contributed by atoms with Gasteiger partial charge >= 0.3 is 0 Å². The molecule has 0 radical (unpaired) electrons. The SMILES string of the molecule is C/C=N\n1cccnc1=N. The van der Waals surface area contributed by atoms with Crippen LogP contribution in [0, 0.1) is 5.41 Å². The van der Waals surface area contributed by atoms with Gasteiger partial charge in [0.1, 0.15) is 0 Å². The van der Waals surface area contributed by atoms with Crippen LogP contribution in [0.25, 0.3) is 0 Å². The lowest BCUT2D eigenvalue weighted by molar-refractivity contribution is 0.743. The number of hydrogen-bond acceptors (Lipinski definition) is 3. The third-order valence-corrected chi connectivity index (χ3v) is 0.967. The number of rotatable bonds is 1. The molecule has 0 spiro atoms. The minimum Gasteiger partial charge on any atom is -0.265 e. The zero-order valence-corrected chi connectivity index (χ0v) is 5.65. The fourth-order valence-corrected chi connectivity index (χ4v) is 0.581. The Morgan fingerprint density at radius 1 is 1.80 bits per heavy atom. The van der Waals surface area contributed by atoms with Crippen molar-refractivity contribution in [3.05, 3.63) is 24.1 Å². The van der Waals surface area contributed by atoms with Crippen LogP contribution in [-0.4, -0.2) is 15.9 Å². The van der Waals surface area contributed by atoms with Crippen molar-refractivity contribution in [1.29, 1.82) is 5.41 Å². The molecule has 0 aliphatic heterocycles. The Bertz CT molecular complexity index is 286. The fraction of sp³-hybridized carbons (Fsp3) is 0.167. The number of nitrogens with one attached hydrogen (secondary N) is 1. The van der Waals surface area contributed by atoms with Crippen LogP contribution in [0.5, 0.6) is 0 Å². The van der Waals surface area contributed by atoms with Crippen LogP contribution in [0.4, 0.5) is 0 Å². The summed E-state index contributed by atoms with van der Waals surface area (Å²) in [5.41, 5.74) is 0.139. The molecule has 0 bridgehead atoms. The molecule has 1 rings (SSSR count). The van der Waals surface area contributed by atoms with Gasteiger partial charge in [-0.2, -0.15) is 5.10 Å². The second-order valence-electron chi connectivity index (χ2n) is 1.66. The Kier molecular flexibility index (Phi) is 1.94. The summed E-state index contributed by atoms with van der Waals surface area (Å²) in [6, 6.07) is 1.73. The summed E-state index contributed by atoms with van der Waals surface area (Å²) >= 11 is 0. The average Bonchev–Trinajstić information content (AvgIpc) is 1.94. The minimum absolute atomic E-state index is 0.139. The Balaban J connectivity index is 3.16. The Labute approximate surface area is 58.4 Å². The third kappa shape index (κ3) is 1.28. The maximum Gasteiger partial charge on any atom is 0.242 e. The van der Waals surface area contributed by atoms with Crippen LogP contribution in [0.2, 0.25) is 0 Å². The second-order valence-corrected chi connectivity index (χ2v) is 1.66. The fourth-order valence-electron chi connectivity index (χ4n) is 0.581. The van der Waals surface area contributed by atoms with Gasteiger partial charge in [0.05, 0.1) is 0 Å². The molecular formula is C6H8N4. The molecule has 0 saturated carbocycles. The highest BCUT2D eigenvalue weighted by molar-refractivity contribution is 5.52. The van der Waals surface area contributed by atoms with Gasteiger partial charge in [0, 0.05) is 18.6 Å². The Morgan fingerprint density at radius 2 is 2.60 bits per heavy atom. The summed E-state index contributed by atoms with van der Waals surface area (Å²) in [6.07, 6.45) is 4.85.